The summed E-state index contributed by atoms with van der Waals surface area (Å²) in [6.45, 7) is 6.66. The molecule has 14 nitrogen and oxygen atoms in total. The number of fused-ring (bicyclic) bond motifs is 1. The van der Waals surface area contributed by atoms with Crippen molar-refractivity contribution in [1.29, 1.82) is 5.26 Å². The highest BCUT2D eigenvalue weighted by Gasteiger charge is 2.58. The summed E-state index contributed by atoms with van der Waals surface area (Å²) in [6, 6.07) is 11.9. The molecule has 6 unspecified atom stereocenters. The SMILES string of the molecule is CC(NP(=O)(OCC1OC(C#N)(c2ccc3c(N)ncnn23)C(O)C1O)Oc1ccccc1)C(=O)OCC(C)(C)C. The molecule has 4 rings (SSSR count). The van der Waals surface area contributed by atoms with E-state index in [0.717, 1.165) is 0 Å². The van der Waals surface area contributed by atoms with Crippen molar-refractivity contribution in [3.05, 3.63) is 54.5 Å². The molecule has 0 aliphatic carbocycles. The second kappa shape index (κ2) is 11.7. The summed E-state index contributed by atoms with van der Waals surface area (Å²) >= 11 is 0. The summed E-state index contributed by atoms with van der Waals surface area (Å²) < 4.78 is 37.6. The lowest BCUT2D eigenvalue weighted by Gasteiger charge is -2.26. The first-order valence-corrected chi connectivity index (χ1v) is 14.3. The molecule has 1 fully saturated rings. The van der Waals surface area contributed by atoms with Gasteiger partial charge in [-0.3, -0.25) is 9.32 Å². The number of aromatic nitrogens is 3. The van der Waals surface area contributed by atoms with E-state index in [1.807, 2.05) is 26.8 Å². The van der Waals surface area contributed by atoms with Crippen LogP contribution in [-0.4, -0.2) is 68.3 Å². The minimum absolute atomic E-state index is 0.0928. The molecular weight excluding hydrogens is 555 g/mol. The molecular formula is C26H33N6O8P. The molecule has 1 aliphatic rings. The molecule has 220 valence electrons. The zero-order valence-corrected chi connectivity index (χ0v) is 23.9. The van der Waals surface area contributed by atoms with Crippen LogP contribution in [0.25, 0.3) is 5.52 Å². The standard InChI is InChI=1S/C26H33N6O8P/c1-16(24(35)37-14-25(2,3)4)31-41(36,40-17-8-6-5-7-9-17)38-12-19-21(33)22(34)26(13-27,39-19)20-11-10-18-23(28)29-15-30-32(18)20/h5-11,15-16,19,21-22,33-34H,12,14H2,1-4H3,(H,31,36)(H2,28,29,30). The van der Waals surface area contributed by atoms with E-state index in [9.17, 15) is 24.8 Å². The highest BCUT2D eigenvalue weighted by molar-refractivity contribution is 7.52. The molecule has 5 N–H and O–H groups in total. The van der Waals surface area contributed by atoms with Gasteiger partial charge < -0.3 is 29.9 Å². The number of anilines is 1. The normalized spacial score (nSPS) is 24.9. The Kier molecular flexibility index (Phi) is 8.70. The van der Waals surface area contributed by atoms with Crippen molar-refractivity contribution < 1.29 is 38.1 Å². The minimum atomic E-state index is -4.32. The molecule has 1 aliphatic heterocycles. The number of nitrogen functional groups attached to an aromatic ring is 1. The van der Waals surface area contributed by atoms with E-state index in [-0.39, 0.29) is 29.3 Å². The molecule has 6 atom stereocenters. The number of nitrogens with zero attached hydrogens (tertiary/aromatic N) is 4. The van der Waals surface area contributed by atoms with E-state index in [2.05, 4.69) is 15.2 Å². The topological polar surface area (TPSA) is 204 Å². The summed E-state index contributed by atoms with van der Waals surface area (Å²) in [4.78, 5) is 16.5. The number of aliphatic hydroxyl groups excluding tert-OH is 2. The minimum Gasteiger partial charge on any atom is -0.464 e. The van der Waals surface area contributed by atoms with E-state index in [0.29, 0.717) is 5.52 Å². The zero-order valence-electron chi connectivity index (χ0n) is 23.0. The fraction of sp³-hybridized carbons (Fsp3) is 0.462. The van der Waals surface area contributed by atoms with Gasteiger partial charge in [0.2, 0.25) is 5.60 Å². The smallest absolute Gasteiger partial charge is 0.459 e. The Morgan fingerprint density at radius 1 is 1.29 bits per heavy atom. The third-order valence-electron chi connectivity index (χ3n) is 6.22. The van der Waals surface area contributed by atoms with Gasteiger partial charge in [0, 0.05) is 0 Å². The predicted octanol–water partition coefficient (Wildman–Crippen LogP) is 1.92. The van der Waals surface area contributed by atoms with Crippen LogP contribution in [0.3, 0.4) is 0 Å². The van der Waals surface area contributed by atoms with Crippen LogP contribution in [0.1, 0.15) is 33.4 Å². The van der Waals surface area contributed by atoms with Crippen LogP contribution in [0.15, 0.2) is 48.8 Å². The van der Waals surface area contributed by atoms with Crippen molar-refractivity contribution in [1.82, 2.24) is 19.7 Å². The molecule has 0 spiro atoms. The highest BCUT2D eigenvalue weighted by atomic mass is 31.2. The second-order valence-electron chi connectivity index (χ2n) is 10.8. The second-order valence-corrected chi connectivity index (χ2v) is 12.5. The molecule has 3 heterocycles. The van der Waals surface area contributed by atoms with Crippen LogP contribution in [0.5, 0.6) is 5.75 Å². The van der Waals surface area contributed by atoms with Gasteiger partial charge in [-0.25, -0.2) is 14.1 Å². The first-order valence-electron chi connectivity index (χ1n) is 12.8. The van der Waals surface area contributed by atoms with E-state index < -0.39 is 50.3 Å². The largest absolute Gasteiger partial charge is 0.464 e. The summed E-state index contributed by atoms with van der Waals surface area (Å²) in [5, 5.41) is 38.6. The lowest BCUT2D eigenvalue weighted by atomic mass is 9.92. The molecule has 1 saturated heterocycles. The number of nitrogens with two attached hydrogens (primary N) is 1. The number of carbonyl (C=O) groups is 1. The summed E-state index contributed by atoms with van der Waals surface area (Å²) in [5.41, 5.74) is 3.97. The molecule has 0 saturated carbocycles. The van der Waals surface area contributed by atoms with Gasteiger partial charge in [0.1, 0.15) is 48.0 Å². The number of hydrogen-bond acceptors (Lipinski definition) is 12. The maximum absolute atomic E-state index is 13.9. The number of ether oxygens (including phenoxy) is 2. The summed E-state index contributed by atoms with van der Waals surface area (Å²) in [6.07, 6.45) is -3.55. The van der Waals surface area contributed by atoms with Gasteiger partial charge in [-0.05, 0) is 36.6 Å². The van der Waals surface area contributed by atoms with Gasteiger partial charge in [0.05, 0.1) is 18.9 Å². The maximum Gasteiger partial charge on any atom is 0.459 e. The van der Waals surface area contributed by atoms with Crippen LogP contribution >= 0.6 is 7.75 Å². The van der Waals surface area contributed by atoms with Gasteiger partial charge in [-0.1, -0.05) is 39.0 Å². The number of aliphatic hydroxyl groups is 2. The van der Waals surface area contributed by atoms with Crippen molar-refractivity contribution in [2.45, 2.75) is 57.6 Å². The molecule has 0 radical (unpaired) electrons. The van der Waals surface area contributed by atoms with Gasteiger partial charge >= 0.3 is 13.7 Å². The van der Waals surface area contributed by atoms with Gasteiger partial charge in [-0.2, -0.15) is 15.4 Å². The van der Waals surface area contributed by atoms with Gasteiger partial charge in [0.15, 0.2) is 5.82 Å². The fourth-order valence-electron chi connectivity index (χ4n) is 4.13. The van der Waals surface area contributed by atoms with E-state index in [1.54, 1.807) is 24.3 Å². The van der Waals surface area contributed by atoms with Gasteiger partial charge in [-0.15, -0.1) is 0 Å². The third-order valence-corrected chi connectivity index (χ3v) is 7.86. The number of benzene rings is 1. The summed E-state index contributed by atoms with van der Waals surface area (Å²) in [5.74, 6) is -0.375. The van der Waals surface area contributed by atoms with Crippen LogP contribution in [0, 0.1) is 16.7 Å². The quantitative estimate of drug-likeness (QED) is 0.198. The number of carbonyl (C=O) groups excluding carboxylic acids is 1. The average Bonchev–Trinajstić information content (AvgIpc) is 3.47. The number of nitrogens with one attached hydrogen (secondary N) is 1. The molecule has 1 aromatic carbocycles. The van der Waals surface area contributed by atoms with Crippen molar-refractivity contribution in [3.8, 4) is 11.8 Å². The first kappa shape index (κ1) is 30.4. The Balaban J connectivity index is 1.55. The Morgan fingerprint density at radius 2 is 2.00 bits per heavy atom. The Labute approximate surface area is 236 Å². The lowest BCUT2D eigenvalue weighted by Crippen LogP contribution is -2.41. The molecule has 0 amide bonds. The van der Waals surface area contributed by atoms with E-state index in [4.69, 9.17) is 24.3 Å². The van der Waals surface area contributed by atoms with E-state index >= 15 is 0 Å². The van der Waals surface area contributed by atoms with Crippen LogP contribution < -0.4 is 15.3 Å². The molecule has 2 aromatic heterocycles. The van der Waals surface area contributed by atoms with Crippen molar-refractivity contribution in [3.63, 3.8) is 0 Å². The molecule has 15 heteroatoms. The zero-order chi connectivity index (χ0) is 30.0. The number of hydrogen-bond donors (Lipinski definition) is 4. The van der Waals surface area contributed by atoms with Crippen molar-refractivity contribution >= 4 is 25.1 Å². The van der Waals surface area contributed by atoms with Crippen molar-refractivity contribution in [2.24, 2.45) is 5.41 Å². The number of rotatable bonds is 10. The molecule has 0 bridgehead atoms. The number of para-hydroxylation sites is 1. The number of nitriles is 1. The highest BCUT2D eigenvalue weighted by Crippen LogP contribution is 2.47. The summed E-state index contributed by atoms with van der Waals surface area (Å²) in [7, 11) is -4.32. The number of esters is 1. The monoisotopic (exact) mass is 588 g/mol. The first-order chi connectivity index (χ1) is 19.3. The Morgan fingerprint density at radius 3 is 2.66 bits per heavy atom. The maximum atomic E-state index is 13.9. The fourth-order valence-corrected chi connectivity index (χ4v) is 5.64. The molecule has 3 aromatic rings. The Hall–Kier alpha value is -3.57. The Bertz CT molecular complexity index is 1470. The third kappa shape index (κ3) is 6.51. The van der Waals surface area contributed by atoms with Crippen molar-refractivity contribution in [2.75, 3.05) is 18.9 Å². The van der Waals surface area contributed by atoms with Gasteiger partial charge in [0.25, 0.3) is 0 Å². The van der Waals surface area contributed by atoms with E-state index in [1.165, 1.54) is 36.0 Å². The lowest BCUT2D eigenvalue weighted by molar-refractivity contribution is -0.148. The van der Waals surface area contributed by atoms with Crippen LogP contribution in [-0.2, 0) is 29.0 Å². The van der Waals surface area contributed by atoms with Crippen LogP contribution in [0.4, 0.5) is 5.82 Å². The average molecular weight is 589 g/mol. The molecule has 41 heavy (non-hydrogen) atoms. The predicted molar refractivity (Wildman–Crippen MR) is 145 cm³/mol. The van der Waals surface area contributed by atoms with Crippen LogP contribution in [0.2, 0.25) is 0 Å².